The van der Waals surface area contributed by atoms with Crippen molar-refractivity contribution in [2.24, 2.45) is 0 Å². The third-order valence-corrected chi connectivity index (χ3v) is 2.55. The fourth-order valence-corrected chi connectivity index (χ4v) is 1.54. The Bertz CT molecular complexity index is 363. The Balaban J connectivity index is 1.95. The first-order chi connectivity index (χ1) is 8.68. The first-order valence-electron chi connectivity index (χ1n) is 6.12. The highest BCUT2D eigenvalue weighted by Crippen LogP contribution is 1.98. The SMILES string of the molecule is O=C(O)CCCCCNC(=O)CCn1ccnc1. The lowest BCUT2D eigenvalue weighted by molar-refractivity contribution is -0.137. The summed E-state index contributed by atoms with van der Waals surface area (Å²) in [6, 6.07) is 0. The lowest BCUT2D eigenvalue weighted by Gasteiger charge is -2.05. The number of imidazole rings is 1. The van der Waals surface area contributed by atoms with E-state index in [1.807, 2.05) is 10.8 Å². The number of aliphatic carboxylic acids is 1. The highest BCUT2D eigenvalue weighted by atomic mass is 16.4. The number of carboxylic acid groups (broad SMARTS) is 1. The summed E-state index contributed by atoms with van der Waals surface area (Å²) < 4.78 is 1.85. The van der Waals surface area contributed by atoms with Gasteiger partial charge in [0, 0.05) is 38.3 Å². The lowest BCUT2D eigenvalue weighted by atomic mass is 10.2. The Morgan fingerprint density at radius 3 is 2.72 bits per heavy atom. The first kappa shape index (κ1) is 14.2. The molecule has 0 saturated heterocycles. The molecule has 0 aliphatic heterocycles. The van der Waals surface area contributed by atoms with E-state index in [1.165, 1.54) is 0 Å². The summed E-state index contributed by atoms with van der Waals surface area (Å²) in [5.74, 6) is -0.749. The van der Waals surface area contributed by atoms with E-state index in [-0.39, 0.29) is 12.3 Å². The van der Waals surface area contributed by atoms with Gasteiger partial charge in [-0.2, -0.15) is 0 Å². The van der Waals surface area contributed by atoms with Gasteiger partial charge < -0.3 is 15.0 Å². The molecule has 1 heterocycles. The van der Waals surface area contributed by atoms with Gasteiger partial charge >= 0.3 is 5.97 Å². The molecule has 0 spiro atoms. The average Bonchev–Trinajstić information content (AvgIpc) is 2.83. The van der Waals surface area contributed by atoms with Gasteiger partial charge in [-0.15, -0.1) is 0 Å². The molecule has 0 fully saturated rings. The zero-order chi connectivity index (χ0) is 13.2. The number of aromatic nitrogens is 2. The van der Waals surface area contributed by atoms with Gasteiger partial charge in [-0.3, -0.25) is 9.59 Å². The summed E-state index contributed by atoms with van der Waals surface area (Å²) in [6.45, 7) is 1.24. The molecule has 0 unspecified atom stereocenters. The second-order valence-corrected chi connectivity index (χ2v) is 4.10. The molecule has 6 nitrogen and oxygen atoms in total. The van der Waals surface area contributed by atoms with Gasteiger partial charge in [-0.25, -0.2) is 4.98 Å². The van der Waals surface area contributed by atoms with Gasteiger partial charge in [-0.05, 0) is 12.8 Å². The number of unbranched alkanes of at least 4 members (excludes halogenated alkanes) is 2. The van der Waals surface area contributed by atoms with Crippen molar-refractivity contribution in [3.05, 3.63) is 18.7 Å². The van der Waals surface area contributed by atoms with Crippen molar-refractivity contribution in [2.75, 3.05) is 6.54 Å². The van der Waals surface area contributed by atoms with Crippen LogP contribution in [0.5, 0.6) is 0 Å². The van der Waals surface area contributed by atoms with Crippen molar-refractivity contribution in [1.82, 2.24) is 14.9 Å². The van der Waals surface area contributed by atoms with Crippen LogP contribution in [0.3, 0.4) is 0 Å². The fraction of sp³-hybridized carbons (Fsp3) is 0.583. The van der Waals surface area contributed by atoms with Crippen LogP contribution in [0.25, 0.3) is 0 Å². The molecule has 1 amide bonds. The molecule has 100 valence electrons. The first-order valence-corrected chi connectivity index (χ1v) is 6.12. The summed E-state index contributed by atoms with van der Waals surface area (Å²) in [5, 5.41) is 11.3. The van der Waals surface area contributed by atoms with E-state index >= 15 is 0 Å². The molecule has 6 heteroatoms. The molecule has 0 saturated carbocycles. The number of carboxylic acids is 1. The number of carbonyl (C=O) groups excluding carboxylic acids is 1. The smallest absolute Gasteiger partial charge is 0.303 e. The van der Waals surface area contributed by atoms with Gasteiger partial charge in [0.25, 0.3) is 0 Å². The van der Waals surface area contributed by atoms with Crippen LogP contribution < -0.4 is 5.32 Å². The maximum atomic E-state index is 11.4. The van der Waals surface area contributed by atoms with Crippen LogP contribution in [0.4, 0.5) is 0 Å². The van der Waals surface area contributed by atoms with Crippen molar-refractivity contribution in [3.8, 4) is 0 Å². The quantitative estimate of drug-likeness (QED) is 0.644. The highest BCUT2D eigenvalue weighted by Gasteiger charge is 2.01. The van der Waals surface area contributed by atoms with Crippen molar-refractivity contribution >= 4 is 11.9 Å². The van der Waals surface area contributed by atoms with Crippen molar-refractivity contribution in [2.45, 2.75) is 38.6 Å². The van der Waals surface area contributed by atoms with Gasteiger partial charge in [0.15, 0.2) is 0 Å². The predicted molar refractivity (Wildman–Crippen MR) is 66.0 cm³/mol. The normalized spacial score (nSPS) is 10.2. The summed E-state index contributed by atoms with van der Waals surface area (Å²) in [7, 11) is 0. The van der Waals surface area contributed by atoms with E-state index in [0.717, 1.165) is 12.8 Å². The van der Waals surface area contributed by atoms with Gasteiger partial charge in [0.05, 0.1) is 6.33 Å². The number of aryl methyl sites for hydroxylation is 1. The number of nitrogens with one attached hydrogen (secondary N) is 1. The minimum Gasteiger partial charge on any atom is -0.481 e. The molecule has 1 rings (SSSR count). The molecule has 18 heavy (non-hydrogen) atoms. The summed E-state index contributed by atoms with van der Waals surface area (Å²) in [4.78, 5) is 25.6. The number of nitrogens with zero attached hydrogens (tertiary/aromatic N) is 2. The Morgan fingerprint density at radius 2 is 2.06 bits per heavy atom. The van der Waals surface area contributed by atoms with Crippen molar-refractivity contribution < 1.29 is 14.7 Å². The molecule has 0 radical (unpaired) electrons. The van der Waals surface area contributed by atoms with E-state index in [2.05, 4.69) is 10.3 Å². The fourth-order valence-electron chi connectivity index (χ4n) is 1.54. The standard InChI is InChI=1S/C12H19N3O3/c16-11(5-8-15-9-7-13-10-15)14-6-3-1-2-4-12(17)18/h7,9-10H,1-6,8H2,(H,14,16)(H,17,18). The number of rotatable bonds is 9. The largest absolute Gasteiger partial charge is 0.481 e. The molecular formula is C12H19N3O3. The molecule has 1 aromatic heterocycles. The number of carbonyl (C=O) groups is 2. The second-order valence-electron chi connectivity index (χ2n) is 4.10. The van der Waals surface area contributed by atoms with E-state index in [0.29, 0.717) is 25.9 Å². The number of amides is 1. The maximum absolute atomic E-state index is 11.4. The minimum absolute atomic E-state index is 0.0157. The van der Waals surface area contributed by atoms with E-state index in [4.69, 9.17) is 5.11 Å². The van der Waals surface area contributed by atoms with E-state index < -0.39 is 5.97 Å². The van der Waals surface area contributed by atoms with Crippen LogP contribution in [0, 0.1) is 0 Å². The van der Waals surface area contributed by atoms with Crippen molar-refractivity contribution in [1.29, 1.82) is 0 Å². The molecule has 0 aliphatic rings. The minimum atomic E-state index is -0.764. The second kappa shape index (κ2) is 8.27. The average molecular weight is 253 g/mol. The molecule has 0 atom stereocenters. The number of hydrogen-bond donors (Lipinski definition) is 2. The summed E-state index contributed by atoms with van der Waals surface area (Å²) in [6.07, 6.45) is 8.14. The summed E-state index contributed by atoms with van der Waals surface area (Å²) >= 11 is 0. The van der Waals surface area contributed by atoms with Crippen LogP contribution >= 0.6 is 0 Å². The molecule has 1 aromatic rings. The van der Waals surface area contributed by atoms with E-state index in [1.54, 1.807) is 12.5 Å². The van der Waals surface area contributed by atoms with Crippen LogP contribution in [-0.2, 0) is 16.1 Å². The lowest BCUT2D eigenvalue weighted by Crippen LogP contribution is -2.25. The van der Waals surface area contributed by atoms with Crippen LogP contribution in [0.1, 0.15) is 32.1 Å². The third kappa shape index (κ3) is 6.67. The van der Waals surface area contributed by atoms with Crippen LogP contribution in [0.2, 0.25) is 0 Å². The Hall–Kier alpha value is -1.85. The molecule has 0 aliphatic carbocycles. The van der Waals surface area contributed by atoms with Gasteiger partial charge in [-0.1, -0.05) is 6.42 Å². The van der Waals surface area contributed by atoms with Gasteiger partial charge in [0.1, 0.15) is 0 Å². The third-order valence-electron chi connectivity index (χ3n) is 2.55. The Kier molecular flexibility index (Phi) is 6.53. The summed E-state index contributed by atoms with van der Waals surface area (Å²) in [5.41, 5.74) is 0. The Morgan fingerprint density at radius 1 is 1.22 bits per heavy atom. The predicted octanol–water partition coefficient (Wildman–Crippen LogP) is 1.03. The molecule has 2 N–H and O–H groups in total. The Labute approximate surface area is 106 Å². The molecule has 0 bridgehead atoms. The zero-order valence-corrected chi connectivity index (χ0v) is 10.3. The van der Waals surface area contributed by atoms with Crippen LogP contribution in [0.15, 0.2) is 18.7 Å². The topological polar surface area (TPSA) is 84.2 Å². The highest BCUT2D eigenvalue weighted by molar-refractivity contribution is 5.75. The maximum Gasteiger partial charge on any atom is 0.303 e. The van der Waals surface area contributed by atoms with E-state index in [9.17, 15) is 9.59 Å². The van der Waals surface area contributed by atoms with Crippen molar-refractivity contribution in [3.63, 3.8) is 0 Å². The van der Waals surface area contributed by atoms with Crippen LogP contribution in [-0.4, -0.2) is 33.1 Å². The van der Waals surface area contributed by atoms with Gasteiger partial charge in [0.2, 0.25) is 5.91 Å². The molecule has 0 aromatic carbocycles. The monoisotopic (exact) mass is 253 g/mol. The molecular weight excluding hydrogens is 234 g/mol. The number of hydrogen-bond acceptors (Lipinski definition) is 3. The zero-order valence-electron chi connectivity index (χ0n) is 10.3.